The molecule has 0 amide bonds. The fourth-order valence-electron chi connectivity index (χ4n) is 14.4. The molecule has 0 aliphatic heterocycles. The Bertz CT molecular complexity index is 6280. The zero-order valence-corrected chi connectivity index (χ0v) is 52.8. The van der Waals surface area contributed by atoms with E-state index >= 15 is 0 Å². The summed E-state index contributed by atoms with van der Waals surface area (Å²) in [7, 11) is 0. The molecule has 6 aromatic heterocycles. The van der Waals surface area contributed by atoms with E-state index in [1.54, 1.807) is 0 Å². The molecule has 2 nitrogen and oxygen atoms in total. The minimum absolute atomic E-state index is 1.20. The van der Waals surface area contributed by atoms with Crippen molar-refractivity contribution in [2.24, 2.45) is 0 Å². The highest BCUT2D eigenvalue weighted by Crippen LogP contribution is 2.49. The summed E-state index contributed by atoms with van der Waals surface area (Å²) in [4.78, 5) is 0. The van der Waals surface area contributed by atoms with Crippen LogP contribution in [0.1, 0.15) is 0 Å². The maximum atomic E-state index is 2.43. The van der Waals surface area contributed by atoms with Gasteiger partial charge in [0.2, 0.25) is 0 Å². The maximum Gasteiger partial charge on any atom is 0.0727 e. The molecular formula is C86H52N2S4. The highest BCUT2D eigenvalue weighted by Gasteiger charge is 2.22. The van der Waals surface area contributed by atoms with Gasteiger partial charge in [0.1, 0.15) is 0 Å². The van der Waals surface area contributed by atoms with Crippen molar-refractivity contribution >= 4 is 159 Å². The summed E-state index contributed by atoms with van der Waals surface area (Å²) < 4.78 is 15.6. The fraction of sp³-hybridized carbons (Fsp3) is 0. The zero-order valence-electron chi connectivity index (χ0n) is 49.5. The highest BCUT2D eigenvalue weighted by molar-refractivity contribution is 7.28. The highest BCUT2D eigenvalue weighted by atomic mass is 32.1. The van der Waals surface area contributed by atoms with E-state index in [1.807, 2.05) is 45.3 Å². The van der Waals surface area contributed by atoms with Crippen molar-refractivity contribution in [3.8, 4) is 67.0 Å². The lowest BCUT2D eigenvalue weighted by molar-refractivity contribution is 1.19. The lowest BCUT2D eigenvalue weighted by atomic mass is 9.96. The first-order valence-corrected chi connectivity index (χ1v) is 34.5. The van der Waals surface area contributed by atoms with Crippen LogP contribution in [-0.4, -0.2) is 9.13 Å². The van der Waals surface area contributed by atoms with Crippen molar-refractivity contribution in [3.63, 3.8) is 0 Å². The van der Waals surface area contributed by atoms with Crippen LogP contribution in [-0.2, 0) is 0 Å². The average Bonchev–Trinajstić information content (AvgIpc) is 1.62. The molecule has 6 heteroatoms. The summed E-state index contributed by atoms with van der Waals surface area (Å²) in [5.41, 5.74) is 20.1. The van der Waals surface area contributed by atoms with Gasteiger partial charge in [-0.05, 0) is 127 Å². The third kappa shape index (κ3) is 8.49. The molecule has 0 saturated heterocycles. The van der Waals surface area contributed by atoms with Gasteiger partial charge in [-0.25, -0.2) is 0 Å². The van der Waals surface area contributed by atoms with Crippen LogP contribution in [0.4, 0.5) is 0 Å². The Morgan fingerprint density at radius 3 is 1.13 bits per heavy atom. The first kappa shape index (κ1) is 53.2. The van der Waals surface area contributed by atoms with E-state index in [0.717, 1.165) is 0 Å². The normalized spacial score (nSPS) is 11.9. The first-order chi connectivity index (χ1) is 45.6. The van der Waals surface area contributed by atoms with Crippen LogP contribution in [0.25, 0.3) is 181 Å². The van der Waals surface area contributed by atoms with Gasteiger partial charge in [0.25, 0.3) is 0 Å². The molecule has 0 radical (unpaired) electrons. The van der Waals surface area contributed by atoms with Gasteiger partial charge >= 0.3 is 0 Å². The number of aromatic nitrogens is 2. The molecule has 430 valence electrons. The first-order valence-electron chi connectivity index (χ1n) is 31.2. The van der Waals surface area contributed by atoms with E-state index in [2.05, 4.69) is 325 Å². The van der Waals surface area contributed by atoms with Crippen molar-refractivity contribution < 1.29 is 0 Å². The number of benzene rings is 14. The van der Waals surface area contributed by atoms with Gasteiger partial charge in [0.15, 0.2) is 0 Å². The van der Waals surface area contributed by atoms with Crippen LogP contribution in [0.2, 0.25) is 0 Å². The van der Waals surface area contributed by atoms with Gasteiger partial charge in [0.05, 0.1) is 31.5 Å². The van der Waals surface area contributed by atoms with Crippen molar-refractivity contribution in [1.29, 1.82) is 0 Å². The summed E-state index contributed by atoms with van der Waals surface area (Å²) in [5.74, 6) is 0. The molecule has 6 heterocycles. The molecule has 0 N–H and O–H groups in total. The van der Waals surface area contributed by atoms with Crippen LogP contribution in [0, 0.1) is 0 Å². The molecule has 14 aromatic carbocycles. The fourth-order valence-corrected chi connectivity index (χ4v) is 19.4. The quantitative estimate of drug-likeness (QED) is 0.151. The van der Waals surface area contributed by atoms with Crippen molar-refractivity contribution in [3.05, 3.63) is 315 Å². The molecule has 92 heavy (non-hydrogen) atoms. The summed E-state index contributed by atoms with van der Waals surface area (Å²) in [6, 6.07) is 115. The van der Waals surface area contributed by atoms with Gasteiger partial charge in [-0.1, -0.05) is 255 Å². The molecule has 0 unspecified atom stereocenters. The third-order valence-corrected chi connectivity index (χ3v) is 23.4. The number of nitrogens with zero attached hydrogens (tertiary/aromatic N) is 2. The number of rotatable bonds is 7. The van der Waals surface area contributed by atoms with Gasteiger partial charge in [-0.3, -0.25) is 0 Å². The van der Waals surface area contributed by atoms with Crippen molar-refractivity contribution in [2.45, 2.75) is 0 Å². The predicted octanol–water partition coefficient (Wildman–Crippen LogP) is 26.2. The average molecular weight is 1240 g/mol. The second kappa shape index (κ2) is 21.5. The minimum atomic E-state index is 1.20. The van der Waals surface area contributed by atoms with Crippen LogP contribution in [0.15, 0.2) is 315 Å². The molecule has 0 bridgehead atoms. The number of thiophene rings is 4. The molecule has 0 aliphatic rings. The lowest BCUT2D eigenvalue weighted by Gasteiger charge is -2.09. The molecule has 0 fully saturated rings. The van der Waals surface area contributed by atoms with Crippen LogP contribution in [0.3, 0.4) is 0 Å². The summed E-state index contributed by atoms with van der Waals surface area (Å²) in [5, 5.41) is 13.2. The van der Waals surface area contributed by atoms with Crippen LogP contribution in [0.5, 0.6) is 0 Å². The van der Waals surface area contributed by atoms with Crippen molar-refractivity contribution in [2.75, 3.05) is 0 Å². The molecular weight excluding hydrogens is 1190 g/mol. The van der Waals surface area contributed by atoms with E-state index in [4.69, 9.17) is 0 Å². The third-order valence-electron chi connectivity index (χ3n) is 18.6. The van der Waals surface area contributed by atoms with Crippen LogP contribution < -0.4 is 0 Å². The Kier molecular flexibility index (Phi) is 12.4. The second-order valence-electron chi connectivity index (χ2n) is 23.8. The summed E-state index contributed by atoms with van der Waals surface area (Å²) in [6.45, 7) is 0. The Balaban J connectivity index is 0.000000132. The zero-order chi connectivity index (χ0) is 60.4. The van der Waals surface area contributed by atoms with Crippen molar-refractivity contribution in [1.82, 2.24) is 9.13 Å². The molecule has 20 aromatic rings. The molecule has 0 saturated carbocycles. The molecule has 0 atom stereocenters. The molecule has 20 rings (SSSR count). The minimum Gasteiger partial charge on any atom is -0.308 e. The maximum absolute atomic E-state index is 2.43. The summed E-state index contributed by atoms with van der Waals surface area (Å²) >= 11 is 7.60. The summed E-state index contributed by atoms with van der Waals surface area (Å²) in [6.07, 6.45) is 0. The van der Waals surface area contributed by atoms with E-state index in [1.165, 1.54) is 181 Å². The van der Waals surface area contributed by atoms with E-state index in [-0.39, 0.29) is 0 Å². The molecule has 0 aliphatic carbocycles. The Morgan fingerprint density at radius 1 is 0.207 bits per heavy atom. The SMILES string of the molecule is c1ccc(-c2cccc3c2sc2cccc(-c4ccc(-c5ccc6c(c5)sc5c7ccccc7n(-c7ccccc7)c65)cc4)c23)cc1.c1ccc(-n2c3ccccc3c3sc4cc(-c5ccc(-c6cccc7sc8c9ccccc9ccc8c67)cc5)ccc4c32)cc1. The van der Waals surface area contributed by atoms with E-state index in [0.29, 0.717) is 0 Å². The molecule has 0 spiro atoms. The topological polar surface area (TPSA) is 9.86 Å². The van der Waals surface area contributed by atoms with E-state index < -0.39 is 0 Å². The number of para-hydroxylation sites is 4. The lowest BCUT2D eigenvalue weighted by Crippen LogP contribution is -1.92. The number of hydrogen-bond acceptors (Lipinski definition) is 4. The van der Waals surface area contributed by atoms with Crippen LogP contribution >= 0.6 is 45.3 Å². The Morgan fingerprint density at radius 2 is 0.587 bits per heavy atom. The number of hydrogen-bond donors (Lipinski definition) is 0. The predicted molar refractivity (Wildman–Crippen MR) is 403 cm³/mol. The second-order valence-corrected chi connectivity index (χ2v) is 28.0. The smallest absolute Gasteiger partial charge is 0.0727 e. The Hall–Kier alpha value is -10.7. The van der Waals surface area contributed by atoms with Gasteiger partial charge in [-0.15, -0.1) is 45.3 Å². The Labute approximate surface area is 546 Å². The monoisotopic (exact) mass is 1240 g/mol. The largest absolute Gasteiger partial charge is 0.308 e. The van der Waals surface area contributed by atoms with Gasteiger partial charge in [-0.2, -0.15) is 0 Å². The number of fused-ring (bicyclic) bond motifs is 18. The standard InChI is InChI=1S/C44H27NS2.C42H25NS2/c1-3-11-29(12-4-1)34-17-9-18-37-41-33(16-10-20-39(41)46-43(34)37)30-23-21-28(22-24-30)31-25-26-36-40(27-31)47-44-35-15-7-8-19-38(35)45(42(36)44)32-13-5-2-6-14-32;1-2-10-30(11-3-1)43-36-15-7-6-13-33(36)42-40(43)34-23-22-29(25-38(34)45-42)26-17-19-28(20-18-26)31-14-8-16-37-39(31)35-24-21-27-9-4-5-12-32(27)41(35)44-37/h1-27H;1-25H. The van der Waals surface area contributed by atoms with E-state index in [9.17, 15) is 0 Å². The van der Waals surface area contributed by atoms with Gasteiger partial charge < -0.3 is 9.13 Å². The van der Waals surface area contributed by atoms with Gasteiger partial charge in [0, 0.05) is 82.7 Å².